The molecule has 2 aliphatic carbocycles. The number of hydrogen-bond donors (Lipinski definition) is 3. The normalized spacial score (nSPS) is 30.1. The average molecular weight is 393 g/mol. The summed E-state index contributed by atoms with van der Waals surface area (Å²) in [5.74, 6) is 0.183. The third kappa shape index (κ3) is 6.29. The molecule has 28 heavy (non-hydrogen) atoms. The lowest BCUT2D eigenvalue weighted by Crippen LogP contribution is -2.20. The first-order valence-electron chi connectivity index (χ1n) is 10.5. The van der Waals surface area contributed by atoms with E-state index in [1.807, 2.05) is 18.2 Å². The lowest BCUT2D eigenvalue weighted by molar-refractivity contribution is -0.142. The van der Waals surface area contributed by atoms with Gasteiger partial charge in [-0.1, -0.05) is 43.7 Å². The minimum absolute atomic E-state index is 0.0564. The van der Waals surface area contributed by atoms with Gasteiger partial charge in [-0.05, 0) is 49.9 Å². The lowest BCUT2D eigenvalue weighted by atomic mass is 9.87. The Labute approximate surface area is 168 Å². The summed E-state index contributed by atoms with van der Waals surface area (Å²) >= 11 is 0. The van der Waals surface area contributed by atoms with Gasteiger partial charge in [-0.3, -0.25) is 0 Å². The Bertz CT molecular complexity index is 582. The van der Waals surface area contributed by atoms with Crippen LogP contribution in [0.5, 0.6) is 0 Å². The van der Waals surface area contributed by atoms with Gasteiger partial charge < -0.3 is 20.1 Å². The highest BCUT2D eigenvalue weighted by molar-refractivity contribution is 5.67. The van der Waals surface area contributed by atoms with E-state index in [-0.39, 0.29) is 30.5 Å². The minimum atomic E-state index is -0.949. The van der Waals surface area contributed by atoms with Crippen molar-refractivity contribution in [3.63, 3.8) is 0 Å². The molecular formula is C23H36O5. The lowest BCUT2D eigenvalue weighted by Gasteiger charge is -2.21. The number of carboxylic acid groups (broad SMARTS) is 1. The van der Waals surface area contributed by atoms with E-state index in [2.05, 4.69) is 26.5 Å². The number of aliphatic carboxylic acids is 1. The fourth-order valence-electron chi connectivity index (χ4n) is 4.53. The summed E-state index contributed by atoms with van der Waals surface area (Å²) in [7, 11) is 0. The zero-order valence-corrected chi connectivity index (χ0v) is 17.2. The van der Waals surface area contributed by atoms with Crippen LogP contribution in [0.15, 0.2) is 36.5 Å². The van der Waals surface area contributed by atoms with Crippen LogP contribution in [0, 0.1) is 29.6 Å². The van der Waals surface area contributed by atoms with Gasteiger partial charge in [-0.2, -0.15) is 0 Å². The van der Waals surface area contributed by atoms with Gasteiger partial charge in [0.25, 0.3) is 0 Å². The summed E-state index contributed by atoms with van der Waals surface area (Å²) in [5, 5.41) is 29.6. The highest BCUT2D eigenvalue weighted by Crippen LogP contribution is 2.48. The predicted octanol–water partition coefficient (Wildman–Crippen LogP) is 3.58. The molecule has 0 spiro atoms. The quantitative estimate of drug-likeness (QED) is 0.349. The fourth-order valence-corrected chi connectivity index (χ4v) is 4.53. The van der Waals surface area contributed by atoms with E-state index in [4.69, 9.17) is 9.84 Å². The van der Waals surface area contributed by atoms with Gasteiger partial charge in [0.05, 0.1) is 18.8 Å². The molecule has 0 aromatic carbocycles. The molecule has 0 amide bonds. The maximum atomic E-state index is 10.6. The molecule has 1 fully saturated rings. The van der Waals surface area contributed by atoms with E-state index in [1.165, 1.54) is 5.57 Å². The summed E-state index contributed by atoms with van der Waals surface area (Å²) in [5.41, 5.74) is 1.30. The van der Waals surface area contributed by atoms with E-state index >= 15 is 0 Å². The van der Waals surface area contributed by atoms with Crippen molar-refractivity contribution in [1.29, 1.82) is 0 Å². The van der Waals surface area contributed by atoms with Gasteiger partial charge in [0.2, 0.25) is 0 Å². The predicted molar refractivity (Wildman–Crippen MR) is 110 cm³/mol. The summed E-state index contributed by atoms with van der Waals surface area (Å²) < 4.78 is 5.24. The molecular weight excluding hydrogens is 356 g/mol. The highest BCUT2D eigenvalue weighted by Gasteiger charge is 2.44. The van der Waals surface area contributed by atoms with Crippen LogP contribution in [0.4, 0.5) is 0 Å². The van der Waals surface area contributed by atoms with Crippen LogP contribution in [0.3, 0.4) is 0 Å². The Hall–Kier alpha value is -1.43. The minimum Gasteiger partial charge on any atom is -0.480 e. The molecule has 0 heterocycles. The summed E-state index contributed by atoms with van der Waals surface area (Å²) in [6.07, 6.45) is 11.8. The molecule has 3 N–H and O–H groups in total. The van der Waals surface area contributed by atoms with Crippen LogP contribution in [0.2, 0.25) is 0 Å². The zero-order chi connectivity index (χ0) is 20.7. The van der Waals surface area contributed by atoms with E-state index in [0.717, 1.165) is 32.1 Å². The van der Waals surface area contributed by atoms with E-state index in [0.29, 0.717) is 18.4 Å². The number of aliphatic hydroxyl groups excluding tert-OH is 2. The van der Waals surface area contributed by atoms with Crippen LogP contribution in [-0.4, -0.2) is 46.7 Å². The Morgan fingerprint density at radius 2 is 2.18 bits per heavy atom. The van der Waals surface area contributed by atoms with Crippen molar-refractivity contribution in [2.24, 2.45) is 29.6 Å². The maximum absolute atomic E-state index is 10.6. The number of carboxylic acids is 1. The third-order valence-electron chi connectivity index (χ3n) is 6.31. The summed E-state index contributed by atoms with van der Waals surface area (Å²) in [4.78, 5) is 10.6. The van der Waals surface area contributed by atoms with Crippen LogP contribution < -0.4 is 0 Å². The van der Waals surface area contributed by atoms with E-state index in [9.17, 15) is 15.0 Å². The van der Waals surface area contributed by atoms with Gasteiger partial charge in [0, 0.05) is 11.8 Å². The summed E-state index contributed by atoms with van der Waals surface area (Å²) in [6.45, 7) is 7.98. The van der Waals surface area contributed by atoms with Crippen LogP contribution in [0.1, 0.15) is 46.0 Å². The highest BCUT2D eigenvalue weighted by atomic mass is 16.5. The number of fused-ring (bicyclic) bond motifs is 1. The average Bonchev–Trinajstić information content (AvgIpc) is 3.16. The second-order valence-corrected chi connectivity index (χ2v) is 8.54. The number of carbonyl (C=O) groups is 1. The van der Waals surface area contributed by atoms with Crippen molar-refractivity contribution in [2.45, 2.75) is 58.2 Å². The molecule has 0 aromatic heterocycles. The number of unbranched alkanes of at least 4 members (excludes halogenated alkanes) is 1. The Kier molecular flexibility index (Phi) is 8.93. The largest absolute Gasteiger partial charge is 0.480 e. The first kappa shape index (κ1) is 22.9. The van der Waals surface area contributed by atoms with E-state index < -0.39 is 12.1 Å². The molecule has 0 saturated heterocycles. The van der Waals surface area contributed by atoms with Crippen molar-refractivity contribution < 1.29 is 24.9 Å². The zero-order valence-electron chi connectivity index (χ0n) is 17.2. The second kappa shape index (κ2) is 10.9. The number of rotatable bonds is 12. The third-order valence-corrected chi connectivity index (χ3v) is 6.31. The molecule has 0 bridgehead atoms. The topological polar surface area (TPSA) is 87.0 Å². The van der Waals surface area contributed by atoms with Gasteiger partial charge >= 0.3 is 5.97 Å². The SMILES string of the molecule is C=CCCCC(C)C(O)/C=C/[C@@H]1C2CC(C(C)COCC(=O)O)=CC2C[C@H]1O. The van der Waals surface area contributed by atoms with Crippen LogP contribution in [0.25, 0.3) is 0 Å². The molecule has 5 nitrogen and oxygen atoms in total. The first-order chi connectivity index (χ1) is 13.3. The molecule has 0 aliphatic heterocycles. The smallest absolute Gasteiger partial charge is 0.329 e. The molecule has 1 saturated carbocycles. The molecule has 2 aliphatic rings. The fraction of sp³-hybridized carbons (Fsp3) is 0.696. The monoisotopic (exact) mass is 392 g/mol. The molecule has 158 valence electrons. The van der Waals surface area contributed by atoms with Gasteiger partial charge in [-0.25, -0.2) is 4.79 Å². The molecule has 0 radical (unpaired) electrons. The summed E-state index contributed by atoms with van der Waals surface area (Å²) in [6, 6.07) is 0. The second-order valence-electron chi connectivity index (χ2n) is 8.54. The number of allylic oxidation sites excluding steroid dienone is 2. The van der Waals surface area contributed by atoms with Crippen molar-refractivity contribution in [3.8, 4) is 0 Å². The number of ether oxygens (including phenoxy) is 1. The van der Waals surface area contributed by atoms with Crippen molar-refractivity contribution >= 4 is 5.97 Å². The van der Waals surface area contributed by atoms with Crippen LogP contribution in [-0.2, 0) is 9.53 Å². The molecule has 5 heteroatoms. The maximum Gasteiger partial charge on any atom is 0.329 e. The van der Waals surface area contributed by atoms with Gasteiger partial charge in [-0.15, -0.1) is 6.58 Å². The van der Waals surface area contributed by atoms with Crippen molar-refractivity contribution in [1.82, 2.24) is 0 Å². The number of hydrogen-bond acceptors (Lipinski definition) is 4. The van der Waals surface area contributed by atoms with Gasteiger partial charge in [0.15, 0.2) is 0 Å². The first-order valence-corrected chi connectivity index (χ1v) is 10.5. The van der Waals surface area contributed by atoms with Gasteiger partial charge in [0.1, 0.15) is 6.61 Å². The molecule has 0 aromatic rings. The van der Waals surface area contributed by atoms with Crippen LogP contribution >= 0.6 is 0 Å². The Balaban J connectivity index is 1.87. The molecule has 7 atom stereocenters. The standard InChI is InChI=1S/C23H36O5/c1-4-5-6-7-15(2)21(24)9-8-19-20-11-17(10-18(20)12-22(19)25)16(3)13-28-14-23(26)27/h4,8-10,15-16,18-22,24-25H,1,5-7,11-14H2,2-3H3,(H,26,27)/b9-8+/t15?,16?,18?,19-,20?,21?,22-/m1/s1. The van der Waals surface area contributed by atoms with Crippen molar-refractivity contribution in [2.75, 3.05) is 13.2 Å². The molecule has 5 unspecified atom stereocenters. The number of aliphatic hydroxyl groups is 2. The Morgan fingerprint density at radius 3 is 2.86 bits per heavy atom. The Morgan fingerprint density at radius 1 is 1.43 bits per heavy atom. The van der Waals surface area contributed by atoms with Crippen molar-refractivity contribution in [3.05, 3.63) is 36.5 Å². The molecule has 2 rings (SSSR count). The van der Waals surface area contributed by atoms with E-state index in [1.54, 1.807) is 0 Å².